The SMILES string of the molecule is CCCCCCCCCC1(C#N)CCC(C2CCC(CCCCCCC)CC2)CC1. The molecule has 0 aromatic rings. The number of nitrogens with zero attached hydrogens (tertiary/aromatic N) is 1. The number of hydrogen-bond acceptors (Lipinski definition) is 1. The lowest BCUT2D eigenvalue weighted by Crippen LogP contribution is -2.31. The molecule has 30 heavy (non-hydrogen) atoms. The van der Waals surface area contributed by atoms with Crippen LogP contribution in [0.1, 0.15) is 155 Å². The third kappa shape index (κ3) is 9.32. The summed E-state index contributed by atoms with van der Waals surface area (Å²) in [6, 6.07) is 2.80. The fraction of sp³-hybridized carbons (Fsp3) is 0.966. The zero-order valence-electron chi connectivity index (χ0n) is 20.7. The van der Waals surface area contributed by atoms with E-state index in [1.165, 1.54) is 141 Å². The van der Waals surface area contributed by atoms with Gasteiger partial charge < -0.3 is 0 Å². The van der Waals surface area contributed by atoms with Crippen molar-refractivity contribution < 1.29 is 0 Å². The summed E-state index contributed by atoms with van der Waals surface area (Å²) in [5.74, 6) is 2.95. The molecule has 2 saturated carbocycles. The van der Waals surface area contributed by atoms with Crippen LogP contribution in [0.4, 0.5) is 0 Å². The van der Waals surface area contributed by atoms with Crippen LogP contribution in [0.2, 0.25) is 0 Å². The van der Waals surface area contributed by atoms with E-state index in [0.717, 1.165) is 17.8 Å². The van der Waals surface area contributed by atoms with E-state index in [2.05, 4.69) is 19.9 Å². The van der Waals surface area contributed by atoms with Crippen LogP contribution in [0, 0.1) is 34.5 Å². The van der Waals surface area contributed by atoms with Gasteiger partial charge in [0.15, 0.2) is 0 Å². The van der Waals surface area contributed by atoms with Crippen molar-refractivity contribution in [2.24, 2.45) is 23.2 Å². The predicted molar refractivity (Wildman–Crippen MR) is 131 cm³/mol. The van der Waals surface area contributed by atoms with Crippen molar-refractivity contribution in [3.63, 3.8) is 0 Å². The number of nitriles is 1. The first-order chi connectivity index (χ1) is 14.7. The third-order valence-electron chi connectivity index (χ3n) is 8.76. The molecule has 0 amide bonds. The van der Waals surface area contributed by atoms with E-state index in [0.29, 0.717) is 0 Å². The highest BCUT2D eigenvalue weighted by Crippen LogP contribution is 2.47. The maximum absolute atomic E-state index is 9.93. The summed E-state index contributed by atoms with van der Waals surface area (Å²) in [6.07, 6.45) is 30.4. The highest BCUT2D eigenvalue weighted by molar-refractivity contribution is 5.02. The van der Waals surface area contributed by atoms with Gasteiger partial charge >= 0.3 is 0 Å². The van der Waals surface area contributed by atoms with Gasteiger partial charge in [-0.2, -0.15) is 5.26 Å². The molecule has 2 aliphatic carbocycles. The average molecular weight is 416 g/mol. The highest BCUT2D eigenvalue weighted by atomic mass is 14.4. The van der Waals surface area contributed by atoms with Crippen molar-refractivity contribution >= 4 is 0 Å². The first-order valence-corrected chi connectivity index (χ1v) is 14.1. The summed E-state index contributed by atoms with van der Waals surface area (Å²) in [7, 11) is 0. The molecule has 0 bridgehead atoms. The molecule has 0 saturated heterocycles. The van der Waals surface area contributed by atoms with Crippen LogP contribution < -0.4 is 0 Å². The normalized spacial score (nSPS) is 29.6. The molecule has 0 unspecified atom stereocenters. The smallest absolute Gasteiger partial charge is 0.0689 e. The lowest BCUT2D eigenvalue weighted by Gasteiger charge is -2.41. The van der Waals surface area contributed by atoms with Crippen molar-refractivity contribution in [1.82, 2.24) is 0 Å². The Balaban J connectivity index is 1.58. The second-order valence-corrected chi connectivity index (χ2v) is 11.1. The van der Waals surface area contributed by atoms with E-state index in [-0.39, 0.29) is 5.41 Å². The van der Waals surface area contributed by atoms with Gasteiger partial charge in [-0.15, -0.1) is 0 Å². The summed E-state index contributed by atoms with van der Waals surface area (Å²) in [4.78, 5) is 0. The molecule has 0 spiro atoms. The third-order valence-corrected chi connectivity index (χ3v) is 8.76. The molecular formula is C29H53N. The Hall–Kier alpha value is -0.510. The highest BCUT2D eigenvalue weighted by Gasteiger charge is 2.38. The van der Waals surface area contributed by atoms with E-state index in [1.807, 2.05) is 0 Å². The van der Waals surface area contributed by atoms with E-state index in [1.54, 1.807) is 0 Å². The van der Waals surface area contributed by atoms with Gasteiger partial charge in [0.05, 0.1) is 11.5 Å². The molecule has 1 nitrogen and oxygen atoms in total. The molecule has 0 aliphatic heterocycles. The minimum atomic E-state index is 0.0373. The van der Waals surface area contributed by atoms with Gasteiger partial charge in [-0.3, -0.25) is 0 Å². The Labute approximate surface area is 189 Å². The van der Waals surface area contributed by atoms with Crippen molar-refractivity contribution in [3.05, 3.63) is 0 Å². The standard InChI is InChI=1S/C29H53N/c1-3-5-7-9-10-12-14-22-29(25-30)23-20-28(21-24-29)27-18-16-26(17-19-27)15-13-11-8-6-4-2/h26-28H,3-24H2,1-2H3. The number of rotatable bonds is 15. The van der Waals surface area contributed by atoms with Gasteiger partial charge in [0.25, 0.3) is 0 Å². The minimum absolute atomic E-state index is 0.0373. The quantitative estimate of drug-likeness (QED) is 0.244. The first kappa shape index (κ1) is 25.7. The molecule has 1 heteroatoms. The van der Waals surface area contributed by atoms with Crippen LogP contribution in [0.25, 0.3) is 0 Å². The zero-order chi connectivity index (χ0) is 21.5. The van der Waals surface area contributed by atoms with E-state index >= 15 is 0 Å². The van der Waals surface area contributed by atoms with Gasteiger partial charge in [0, 0.05) is 0 Å². The molecular weight excluding hydrogens is 362 g/mol. The topological polar surface area (TPSA) is 23.8 Å². The molecule has 2 rings (SSSR count). The van der Waals surface area contributed by atoms with E-state index in [4.69, 9.17) is 0 Å². The van der Waals surface area contributed by atoms with Crippen molar-refractivity contribution in [1.29, 1.82) is 5.26 Å². The van der Waals surface area contributed by atoms with Gasteiger partial charge in [-0.1, -0.05) is 110 Å². The summed E-state index contributed by atoms with van der Waals surface area (Å²) >= 11 is 0. The fourth-order valence-electron chi connectivity index (χ4n) is 6.49. The Morgan fingerprint density at radius 2 is 1.13 bits per heavy atom. The molecule has 0 radical (unpaired) electrons. The lowest BCUT2D eigenvalue weighted by molar-refractivity contribution is 0.114. The average Bonchev–Trinajstić information content (AvgIpc) is 2.79. The molecule has 0 aromatic heterocycles. The maximum Gasteiger partial charge on any atom is 0.0689 e. The van der Waals surface area contributed by atoms with Crippen LogP contribution in [-0.2, 0) is 0 Å². The first-order valence-electron chi connectivity index (χ1n) is 14.1. The van der Waals surface area contributed by atoms with Gasteiger partial charge in [0.2, 0.25) is 0 Å². The van der Waals surface area contributed by atoms with Crippen LogP contribution in [0.15, 0.2) is 0 Å². The minimum Gasteiger partial charge on any atom is -0.198 e. The molecule has 0 atom stereocenters. The Bertz CT molecular complexity index is 445. The predicted octanol–water partition coefficient (Wildman–Crippen LogP) is 9.99. The number of unbranched alkanes of at least 4 members (excludes halogenated alkanes) is 10. The second kappa shape index (κ2) is 15.3. The van der Waals surface area contributed by atoms with Crippen LogP contribution in [0.5, 0.6) is 0 Å². The van der Waals surface area contributed by atoms with Crippen molar-refractivity contribution in [2.45, 2.75) is 155 Å². The monoisotopic (exact) mass is 415 g/mol. The van der Waals surface area contributed by atoms with E-state index in [9.17, 15) is 5.26 Å². The van der Waals surface area contributed by atoms with Gasteiger partial charge in [-0.25, -0.2) is 0 Å². The number of hydrogen-bond donors (Lipinski definition) is 0. The largest absolute Gasteiger partial charge is 0.198 e. The fourth-order valence-corrected chi connectivity index (χ4v) is 6.49. The summed E-state index contributed by atoms with van der Waals surface area (Å²) in [5, 5.41) is 9.93. The summed E-state index contributed by atoms with van der Waals surface area (Å²) < 4.78 is 0. The van der Waals surface area contributed by atoms with Gasteiger partial charge in [-0.05, 0) is 62.7 Å². The van der Waals surface area contributed by atoms with E-state index < -0.39 is 0 Å². The molecule has 2 aliphatic rings. The van der Waals surface area contributed by atoms with Crippen molar-refractivity contribution in [3.8, 4) is 6.07 Å². The summed E-state index contributed by atoms with van der Waals surface area (Å²) in [5.41, 5.74) is 0.0373. The molecule has 0 heterocycles. The molecule has 0 N–H and O–H groups in total. The molecule has 0 aromatic carbocycles. The van der Waals surface area contributed by atoms with Gasteiger partial charge in [0.1, 0.15) is 0 Å². The van der Waals surface area contributed by atoms with Crippen molar-refractivity contribution in [2.75, 3.05) is 0 Å². The maximum atomic E-state index is 9.93. The Morgan fingerprint density at radius 3 is 1.70 bits per heavy atom. The Morgan fingerprint density at radius 1 is 0.633 bits per heavy atom. The Kier molecular flexibility index (Phi) is 13.1. The van der Waals surface area contributed by atoms with Crippen LogP contribution >= 0.6 is 0 Å². The molecule has 2 fully saturated rings. The summed E-state index contributed by atoms with van der Waals surface area (Å²) in [6.45, 7) is 4.59. The molecule has 174 valence electrons. The zero-order valence-corrected chi connectivity index (χ0v) is 20.7. The lowest BCUT2D eigenvalue weighted by atomic mass is 9.63. The second-order valence-electron chi connectivity index (χ2n) is 11.1. The van der Waals surface area contributed by atoms with Crippen LogP contribution in [0.3, 0.4) is 0 Å². The van der Waals surface area contributed by atoms with Crippen LogP contribution in [-0.4, -0.2) is 0 Å².